The molecule has 0 saturated carbocycles. The Labute approximate surface area is 179 Å². The molecule has 1 aliphatic heterocycles. The molecule has 1 N–H and O–H groups in total. The fraction of sp³-hybridized carbons (Fsp3) is 0.500. The van der Waals surface area contributed by atoms with Gasteiger partial charge in [0, 0.05) is 25.4 Å². The lowest BCUT2D eigenvalue weighted by Gasteiger charge is -2.21. The smallest absolute Gasteiger partial charge is 0.469 e. The molecule has 2 unspecified atom stereocenters. The van der Waals surface area contributed by atoms with Crippen molar-refractivity contribution in [2.45, 2.75) is 37.6 Å². The molecule has 31 heavy (non-hydrogen) atoms. The summed E-state index contributed by atoms with van der Waals surface area (Å²) in [6.45, 7) is 1.57. The molecule has 1 aromatic carbocycles. The number of hydrogen-bond donors (Lipinski definition) is 1. The topological polar surface area (TPSA) is 92.8 Å². The van der Waals surface area contributed by atoms with Crippen molar-refractivity contribution < 1.29 is 35.9 Å². The molecule has 2 atom stereocenters. The lowest BCUT2D eigenvalue weighted by atomic mass is 9.97. The van der Waals surface area contributed by atoms with Crippen LogP contribution in [0.15, 0.2) is 36.4 Å². The van der Waals surface area contributed by atoms with Crippen molar-refractivity contribution in [3.63, 3.8) is 0 Å². The Morgan fingerprint density at radius 1 is 1.29 bits per heavy atom. The van der Waals surface area contributed by atoms with Crippen LogP contribution in [0.25, 0.3) is 0 Å². The maximum Gasteiger partial charge on any atom is 0.516 e. The second-order valence-electron chi connectivity index (χ2n) is 7.15. The molecule has 0 aliphatic carbocycles. The van der Waals surface area contributed by atoms with E-state index >= 15 is 0 Å². The monoisotopic (exact) mass is 462 g/mol. The number of carbonyl (C=O) groups is 2. The van der Waals surface area contributed by atoms with E-state index in [-0.39, 0.29) is 49.9 Å². The molecule has 0 bridgehead atoms. The number of sulfonamides is 1. The minimum Gasteiger partial charge on any atom is -0.469 e. The van der Waals surface area contributed by atoms with Crippen LogP contribution >= 0.6 is 0 Å². The fourth-order valence-electron chi connectivity index (χ4n) is 3.53. The summed E-state index contributed by atoms with van der Waals surface area (Å²) in [6, 6.07) is 6.03. The minimum atomic E-state index is -5.51. The lowest BCUT2D eigenvalue weighted by Crippen LogP contribution is -2.40. The van der Waals surface area contributed by atoms with Gasteiger partial charge in [0.05, 0.1) is 19.2 Å². The Bertz CT molecular complexity index is 931. The average molecular weight is 462 g/mol. The van der Waals surface area contributed by atoms with Crippen LogP contribution in [0.1, 0.15) is 37.7 Å². The van der Waals surface area contributed by atoms with Crippen LogP contribution < -0.4 is 9.62 Å². The highest BCUT2D eigenvalue weighted by atomic mass is 32.2. The minimum absolute atomic E-state index is 0.00220. The van der Waals surface area contributed by atoms with E-state index in [1.54, 1.807) is 31.2 Å². The molecule has 1 amide bonds. The van der Waals surface area contributed by atoms with Crippen LogP contribution in [-0.2, 0) is 24.3 Å². The van der Waals surface area contributed by atoms with E-state index < -0.39 is 27.4 Å². The molecule has 172 valence electrons. The zero-order valence-electron chi connectivity index (χ0n) is 17.2. The third-order valence-corrected chi connectivity index (χ3v) is 6.51. The number of anilines is 1. The van der Waals surface area contributed by atoms with Crippen LogP contribution in [0.3, 0.4) is 0 Å². The quantitative estimate of drug-likeness (QED) is 0.450. The van der Waals surface area contributed by atoms with Crippen molar-refractivity contribution in [2.24, 2.45) is 5.92 Å². The Balaban J connectivity index is 2.00. The van der Waals surface area contributed by atoms with Crippen LogP contribution in [0.5, 0.6) is 0 Å². The summed E-state index contributed by atoms with van der Waals surface area (Å²) in [4.78, 5) is 23.7. The standard InChI is InChI=1S/C20H25F3N2O5S/c1-3-6-14(12-19(27)30-2)11-18(26)24-10-9-15-13-25(31(28,29)20(21,22)23)17-8-5-4-7-16(15)17/h3-8,14-15H,9-13H2,1-2H3,(H,24,26)/b6-3-. The number of ether oxygens (including phenoxy) is 1. The molecular weight excluding hydrogens is 437 g/mol. The maximum atomic E-state index is 13.0. The lowest BCUT2D eigenvalue weighted by molar-refractivity contribution is -0.141. The number of rotatable bonds is 9. The molecule has 1 aromatic rings. The van der Waals surface area contributed by atoms with Gasteiger partial charge in [-0.2, -0.15) is 21.6 Å². The molecule has 2 rings (SSSR count). The second-order valence-corrected chi connectivity index (χ2v) is 9.00. The highest BCUT2D eigenvalue weighted by Crippen LogP contribution is 2.42. The molecule has 0 fully saturated rings. The SMILES string of the molecule is C/C=C\C(CC(=O)NCCC1CN(S(=O)(=O)C(F)(F)F)c2ccccc21)CC(=O)OC. The largest absolute Gasteiger partial charge is 0.516 e. The van der Waals surface area contributed by atoms with Crippen molar-refractivity contribution in [1.29, 1.82) is 0 Å². The predicted octanol–water partition coefficient (Wildman–Crippen LogP) is 3.09. The number of amides is 1. The number of nitrogens with zero attached hydrogens (tertiary/aromatic N) is 1. The Kier molecular flexibility index (Phi) is 8.10. The van der Waals surface area contributed by atoms with Crippen molar-refractivity contribution >= 4 is 27.6 Å². The molecule has 0 saturated heterocycles. The van der Waals surface area contributed by atoms with Gasteiger partial charge in [-0.3, -0.25) is 13.9 Å². The van der Waals surface area contributed by atoms with E-state index in [1.807, 2.05) is 0 Å². The first-order valence-corrected chi connectivity index (χ1v) is 11.1. The predicted molar refractivity (Wildman–Crippen MR) is 109 cm³/mol. The summed E-state index contributed by atoms with van der Waals surface area (Å²) in [6.07, 6.45) is 3.82. The van der Waals surface area contributed by atoms with Gasteiger partial charge in [0.1, 0.15) is 0 Å². The molecule has 11 heteroatoms. The number of alkyl halides is 3. The number of fused-ring (bicyclic) bond motifs is 1. The number of halogens is 3. The molecule has 1 aliphatic rings. The van der Waals surface area contributed by atoms with E-state index in [4.69, 9.17) is 0 Å². The molecule has 7 nitrogen and oxygen atoms in total. The van der Waals surface area contributed by atoms with Gasteiger partial charge in [-0.25, -0.2) is 0 Å². The fourth-order valence-corrected chi connectivity index (χ4v) is 4.58. The van der Waals surface area contributed by atoms with E-state index in [0.29, 0.717) is 9.87 Å². The number of hydrogen-bond acceptors (Lipinski definition) is 5. The van der Waals surface area contributed by atoms with Crippen molar-refractivity contribution in [3.8, 4) is 0 Å². The Morgan fingerprint density at radius 2 is 1.97 bits per heavy atom. The first-order valence-electron chi connectivity index (χ1n) is 9.65. The number of para-hydroxylation sites is 1. The normalized spacial score (nSPS) is 17.5. The van der Waals surface area contributed by atoms with Crippen LogP contribution in [0, 0.1) is 5.92 Å². The number of carbonyl (C=O) groups excluding carboxylic acids is 2. The number of methoxy groups -OCH3 is 1. The summed E-state index contributed by atoms with van der Waals surface area (Å²) < 4.78 is 68.0. The third-order valence-electron chi connectivity index (χ3n) is 5.00. The summed E-state index contributed by atoms with van der Waals surface area (Å²) in [7, 11) is -4.24. The van der Waals surface area contributed by atoms with E-state index in [9.17, 15) is 31.2 Å². The van der Waals surface area contributed by atoms with Gasteiger partial charge in [-0.1, -0.05) is 30.4 Å². The summed E-state index contributed by atoms with van der Waals surface area (Å²) in [5, 5.41) is 2.69. The van der Waals surface area contributed by atoms with Gasteiger partial charge in [0.15, 0.2) is 0 Å². The summed E-state index contributed by atoms with van der Waals surface area (Å²) in [5.74, 6) is -1.59. The van der Waals surface area contributed by atoms with Gasteiger partial charge in [-0.05, 0) is 30.9 Å². The van der Waals surface area contributed by atoms with Gasteiger partial charge in [0.25, 0.3) is 0 Å². The molecule has 1 heterocycles. The highest BCUT2D eigenvalue weighted by Gasteiger charge is 2.52. The van der Waals surface area contributed by atoms with E-state index in [1.165, 1.54) is 19.2 Å². The molecule has 0 spiro atoms. The Hall–Kier alpha value is -2.56. The van der Waals surface area contributed by atoms with Crippen molar-refractivity contribution in [1.82, 2.24) is 5.32 Å². The zero-order valence-corrected chi connectivity index (χ0v) is 18.0. The van der Waals surface area contributed by atoms with Gasteiger partial charge in [0.2, 0.25) is 5.91 Å². The number of esters is 1. The van der Waals surface area contributed by atoms with Gasteiger partial charge in [-0.15, -0.1) is 0 Å². The molecular formula is C20H25F3N2O5S. The van der Waals surface area contributed by atoms with E-state index in [2.05, 4.69) is 10.1 Å². The molecule has 0 radical (unpaired) electrons. The number of nitrogens with one attached hydrogen (secondary N) is 1. The van der Waals surface area contributed by atoms with Gasteiger partial charge < -0.3 is 10.1 Å². The van der Waals surface area contributed by atoms with E-state index in [0.717, 1.165) is 0 Å². The van der Waals surface area contributed by atoms with Crippen LogP contribution in [0.4, 0.5) is 18.9 Å². The zero-order chi connectivity index (χ0) is 23.2. The third kappa shape index (κ3) is 5.99. The average Bonchev–Trinajstić information content (AvgIpc) is 3.06. The van der Waals surface area contributed by atoms with Crippen molar-refractivity contribution in [2.75, 3.05) is 24.5 Å². The second kappa shape index (κ2) is 10.2. The first kappa shape index (κ1) is 24.7. The summed E-state index contributed by atoms with van der Waals surface area (Å²) in [5.41, 5.74) is -4.91. The first-order chi connectivity index (χ1) is 14.5. The number of allylic oxidation sites excluding steroid dienone is 2. The maximum absolute atomic E-state index is 13.0. The number of benzene rings is 1. The molecule has 0 aromatic heterocycles. The van der Waals surface area contributed by atoms with Crippen LogP contribution in [0.2, 0.25) is 0 Å². The van der Waals surface area contributed by atoms with Gasteiger partial charge >= 0.3 is 21.5 Å². The van der Waals surface area contributed by atoms with Crippen molar-refractivity contribution in [3.05, 3.63) is 42.0 Å². The Morgan fingerprint density at radius 3 is 2.58 bits per heavy atom. The highest BCUT2D eigenvalue weighted by molar-refractivity contribution is 7.93. The summed E-state index contributed by atoms with van der Waals surface area (Å²) >= 11 is 0. The van der Waals surface area contributed by atoms with Crippen LogP contribution in [-0.4, -0.2) is 46.0 Å².